The van der Waals surface area contributed by atoms with E-state index in [0.29, 0.717) is 23.4 Å². The highest BCUT2D eigenvalue weighted by Gasteiger charge is 2.22. The number of carbonyl (C=O) groups excluding carboxylic acids is 1. The Bertz CT molecular complexity index is 1080. The van der Waals surface area contributed by atoms with Gasteiger partial charge in [0.05, 0.1) is 18.2 Å². The third-order valence-corrected chi connectivity index (χ3v) is 4.94. The van der Waals surface area contributed by atoms with Gasteiger partial charge in [0.2, 0.25) is 17.7 Å². The molecule has 32 heavy (non-hydrogen) atoms. The van der Waals surface area contributed by atoms with Crippen LogP contribution in [0.5, 0.6) is 23.3 Å². The van der Waals surface area contributed by atoms with Gasteiger partial charge in [-0.05, 0) is 50.3 Å². The van der Waals surface area contributed by atoms with Gasteiger partial charge in [0.15, 0.2) is 0 Å². The number of carbonyl (C=O) groups is 1. The van der Waals surface area contributed by atoms with Gasteiger partial charge < -0.3 is 23.9 Å². The number of benzene rings is 1. The van der Waals surface area contributed by atoms with Crippen LogP contribution in [0.2, 0.25) is 0 Å². The van der Waals surface area contributed by atoms with Crippen molar-refractivity contribution in [3.8, 4) is 34.8 Å². The van der Waals surface area contributed by atoms with Crippen LogP contribution in [0.3, 0.4) is 0 Å². The van der Waals surface area contributed by atoms with Crippen molar-refractivity contribution >= 4 is 5.91 Å². The maximum atomic E-state index is 11.1. The molecule has 0 saturated heterocycles. The lowest BCUT2D eigenvalue weighted by molar-refractivity contribution is -0.119. The Morgan fingerprint density at radius 3 is 2.75 bits per heavy atom. The topological polar surface area (TPSA) is 95.7 Å². The first-order chi connectivity index (χ1) is 15.5. The fourth-order valence-corrected chi connectivity index (χ4v) is 3.10. The largest absolute Gasteiger partial charge is 0.493 e. The maximum absolute atomic E-state index is 11.1. The van der Waals surface area contributed by atoms with Crippen LogP contribution in [0.1, 0.15) is 32.3 Å². The summed E-state index contributed by atoms with van der Waals surface area (Å²) in [5.41, 5.74) is 1.64. The van der Waals surface area contributed by atoms with Crippen LogP contribution in [-0.2, 0) is 4.79 Å². The molecule has 1 atom stereocenters. The van der Waals surface area contributed by atoms with Gasteiger partial charge in [-0.25, -0.2) is 9.97 Å². The quantitative estimate of drug-likeness (QED) is 0.498. The molecule has 1 saturated carbocycles. The molecule has 1 aliphatic rings. The Kier molecular flexibility index (Phi) is 6.58. The first-order valence-electron chi connectivity index (χ1n) is 10.7. The lowest BCUT2D eigenvalue weighted by Gasteiger charge is -2.11. The highest BCUT2D eigenvalue weighted by Crippen LogP contribution is 2.32. The van der Waals surface area contributed by atoms with Gasteiger partial charge in [0, 0.05) is 25.3 Å². The molecule has 1 fully saturated rings. The van der Waals surface area contributed by atoms with Crippen molar-refractivity contribution < 1.29 is 23.4 Å². The molecule has 0 bridgehead atoms. The number of nitrogens with zero attached hydrogens (tertiary/aromatic N) is 2. The molecular weight excluding hydrogens is 410 g/mol. The molecule has 1 aromatic carbocycles. The Balaban J connectivity index is 1.37. The third-order valence-electron chi connectivity index (χ3n) is 4.94. The molecule has 0 spiro atoms. The lowest BCUT2D eigenvalue weighted by Crippen LogP contribution is -2.35. The van der Waals surface area contributed by atoms with Crippen LogP contribution in [0.4, 0.5) is 0 Å². The average molecular weight is 437 g/mol. The summed E-state index contributed by atoms with van der Waals surface area (Å²) in [6, 6.07) is 9.26. The summed E-state index contributed by atoms with van der Waals surface area (Å²) in [4.78, 5) is 19.7. The number of amides is 1. The van der Waals surface area contributed by atoms with Gasteiger partial charge in [-0.15, -0.1) is 0 Å². The summed E-state index contributed by atoms with van der Waals surface area (Å²) in [5.74, 6) is 3.19. The van der Waals surface area contributed by atoms with Gasteiger partial charge in [0.25, 0.3) is 0 Å². The van der Waals surface area contributed by atoms with E-state index < -0.39 is 0 Å². The normalized spacial score (nSPS) is 14.0. The maximum Gasteiger partial charge on any atom is 0.305 e. The summed E-state index contributed by atoms with van der Waals surface area (Å²) in [6.07, 6.45) is 5.67. The van der Waals surface area contributed by atoms with E-state index >= 15 is 0 Å². The molecule has 0 radical (unpaired) electrons. The SMILES string of the molecule is CC(=O)NC(C)COc1cnc(-c2cnc(Oc3cccc(OCC4CC4)c3)cc2C)o1. The molecule has 1 amide bonds. The third kappa shape index (κ3) is 6.00. The minimum Gasteiger partial charge on any atom is -0.493 e. The second-order valence-electron chi connectivity index (χ2n) is 8.07. The molecule has 3 aromatic rings. The second-order valence-corrected chi connectivity index (χ2v) is 8.07. The molecule has 1 N–H and O–H groups in total. The zero-order valence-electron chi connectivity index (χ0n) is 18.5. The standard InChI is InChI=1S/C24H27N3O5/c1-15-9-22(31-20-6-4-5-19(10-20)29-14-18-7-8-18)25-11-21(15)24-26-12-23(32-24)30-13-16(2)27-17(3)28/h4-6,9-12,16,18H,7-8,13-14H2,1-3H3,(H,27,28). The van der Waals surface area contributed by atoms with Crippen molar-refractivity contribution in [1.82, 2.24) is 15.3 Å². The van der Waals surface area contributed by atoms with E-state index in [0.717, 1.165) is 23.5 Å². The zero-order valence-corrected chi connectivity index (χ0v) is 18.5. The monoisotopic (exact) mass is 437 g/mol. The van der Waals surface area contributed by atoms with E-state index in [-0.39, 0.29) is 24.5 Å². The first kappa shape index (κ1) is 21.7. The molecule has 1 unspecified atom stereocenters. The van der Waals surface area contributed by atoms with Gasteiger partial charge in [-0.2, -0.15) is 0 Å². The van der Waals surface area contributed by atoms with Crippen LogP contribution in [0.15, 0.2) is 47.1 Å². The predicted molar refractivity (Wildman–Crippen MR) is 118 cm³/mol. The fourth-order valence-electron chi connectivity index (χ4n) is 3.10. The average Bonchev–Trinajstić information content (AvgIpc) is 3.47. The Morgan fingerprint density at radius 1 is 1.19 bits per heavy atom. The Morgan fingerprint density at radius 2 is 2.00 bits per heavy atom. The van der Waals surface area contributed by atoms with Gasteiger partial charge in [0.1, 0.15) is 24.3 Å². The molecule has 1 aliphatic carbocycles. The molecule has 2 aromatic heterocycles. The highest BCUT2D eigenvalue weighted by molar-refractivity contribution is 5.73. The number of ether oxygens (including phenoxy) is 3. The number of pyridine rings is 1. The smallest absolute Gasteiger partial charge is 0.305 e. The van der Waals surface area contributed by atoms with Crippen molar-refractivity contribution in [3.05, 3.63) is 48.3 Å². The van der Waals surface area contributed by atoms with Gasteiger partial charge in [-0.1, -0.05) is 6.07 Å². The van der Waals surface area contributed by atoms with Crippen molar-refractivity contribution in [2.45, 2.75) is 39.7 Å². The first-order valence-corrected chi connectivity index (χ1v) is 10.7. The number of hydrogen-bond acceptors (Lipinski definition) is 7. The van der Waals surface area contributed by atoms with Crippen LogP contribution in [0.25, 0.3) is 11.5 Å². The van der Waals surface area contributed by atoms with Crippen molar-refractivity contribution in [2.75, 3.05) is 13.2 Å². The molecule has 168 valence electrons. The van der Waals surface area contributed by atoms with Crippen LogP contribution in [0, 0.1) is 12.8 Å². The Labute approximate surface area is 186 Å². The van der Waals surface area contributed by atoms with E-state index in [1.807, 2.05) is 44.2 Å². The molecule has 0 aliphatic heterocycles. The van der Waals surface area contributed by atoms with E-state index in [4.69, 9.17) is 18.6 Å². The summed E-state index contributed by atoms with van der Waals surface area (Å²) in [5, 5.41) is 2.75. The van der Waals surface area contributed by atoms with Crippen molar-refractivity contribution in [3.63, 3.8) is 0 Å². The fraction of sp³-hybridized carbons (Fsp3) is 0.375. The predicted octanol–water partition coefficient (Wildman–Crippen LogP) is 4.53. The van der Waals surface area contributed by atoms with E-state index in [1.54, 1.807) is 6.20 Å². The van der Waals surface area contributed by atoms with Crippen LogP contribution < -0.4 is 19.5 Å². The van der Waals surface area contributed by atoms with Crippen LogP contribution >= 0.6 is 0 Å². The number of oxazole rings is 1. The number of aryl methyl sites for hydroxylation is 1. The van der Waals surface area contributed by atoms with Gasteiger partial charge in [-0.3, -0.25) is 4.79 Å². The number of aromatic nitrogens is 2. The van der Waals surface area contributed by atoms with Crippen LogP contribution in [-0.4, -0.2) is 35.1 Å². The zero-order chi connectivity index (χ0) is 22.5. The number of hydrogen-bond donors (Lipinski definition) is 1. The minimum atomic E-state index is -0.140. The van der Waals surface area contributed by atoms with E-state index in [2.05, 4.69) is 15.3 Å². The van der Waals surface area contributed by atoms with Crippen molar-refractivity contribution in [2.24, 2.45) is 5.92 Å². The lowest BCUT2D eigenvalue weighted by atomic mass is 10.1. The molecule has 8 nitrogen and oxygen atoms in total. The molecule has 8 heteroatoms. The number of nitrogens with one attached hydrogen (secondary N) is 1. The summed E-state index contributed by atoms with van der Waals surface area (Å²) in [6.45, 7) is 6.28. The summed E-state index contributed by atoms with van der Waals surface area (Å²) < 4.78 is 23.0. The summed E-state index contributed by atoms with van der Waals surface area (Å²) >= 11 is 0. The minimum absolute atomic E-state index is 0.110. The Hall–Kier alpha value is -3.55. The van der Waals surface area contributed by atoms with E-state index in [9.17, 15) is 4.79 Å². The van der Waals surface area contributed by atoms with Gasteiger partial charge >= 0.3 is 5.95 Å². The molecule has 2 heterocycles. The molecular formula is C24H27N3O5. The van der Waals surface area contributed by atoms with Crippen molar-refractivity contribution in [1.29, 1.82) is 0 Å². The summed E-state index contributed by atoms with van der Waals surface area (Å²) in [7, 11) is 0. The van der Waals surface area contributed by atoms with E-state index in [1.165, 1.54) is 26.0 Å². The second kappa shape index (κ2) is 9.72. The highest BCUT2D eigenvalue weighted by atomic mass is 16.6. The number of rotatable bonds is 10. The molecule has 4 rings (SSSR count).